The summed E-state index contributed by atoms with van der Waals surface area (Å²) in [4.78, 5) is 34.4. The van der Waals surface area contributed by atoms with Crippen LogP contribution in [0.15, 0.2) is 71.8 Å². The monoisotopic (exact) mass is 362 g/mol. The lowest BCUT2D eigenvalue weighted by atomic mass is 10.1. The van der Waals surface area contributed by atoms with Gasteiger partial charge in [0.05, 0.1) is 16.7 Å². The second-order valence-corrected chi connectivity index (χ2v) is 5.50. The summed E-state index contributed by atoms with van der Waals surface area (Å²) in [6.07, 6.45) is 1.11. The van der Waals surface area contributed by atoms with Gasteiger partial charge in [-0.2, -0.15) is 5.10 Å². The average Bonchev–Trinajstić information content (AvgIpc) is 2.68. The number of carbonyl (C=O) groups excluding carboxylic acids is 2. The quantitative estimate of drug-likeness (QED) is 0.321. The Morgan fingerprint density at radius 1 is 0.926 bits per heavy atom. The Hall–Kier alpha value is -4.07. The fourth-order valence-corrected chi connectivity index (χ4v) is 2.49. The Morgan fingerprint density at radius 3 is 2.44 bits per heavy atom. The Kier molecular flexibility index (Phi) is 5.17. The number of nitrogens with zero attached hydrogens (tertiary/aromatic N) is 2. The molecule has 0 bridgehead atoms. The number of hydrogen-bond donors (Lipinski definition) is 2. The molecule has 2 amide bonds. The van der Waals surface area contributed by atoms with Gasteiger partial charge in [0.1, 0.15) is 0 Å². The average molecular weight is 362 g/mol. The highest BCUT2D eigenvalue weighted by molar-refractivity contribution is 6.40. The molecule has 0 aliphatic rings. The summed E-state index contributed by atoms with van der Waals surface area (Å²) in [6, 6.07) is 18.7. The molecule has 3 aromatic rings. The van der Waals surface area contributed by atoms with E-state index in [2.05, 4.69) is 15.8 Å². The molecule has 0 spiro atoms. The summed E-state index contributed by atoms with van der Waals surface area (Å²) < 4.78 is 0. The zero-order valence-electron chi connectivity index (χ0n) is 14.0. The van der Waals surface area contributed by atoms with Crippen LogP contribution in [-0.2, 0) is 9.59 Å². The molecule has 0 aromatic heterocycles. The van der Waals surface area contributed by atoms with Gasteiger partial charge in [0.2, 0.25) is 0 Å². The predicted molar refractivity (Wildman–Crippen MR) is 101 cm³/mol. The fourth-order valence-electron chi connectivity index (χ4n) is 2.49. The maximum atomic E-state index is 12.1. The van der Waals surface area contributed by atoms with Gasteiger partial charge in [-0.15, -0.1) is 0 Å². The van der Waals surface area contributed by atoms with Crippen LogP contribution in [0.2, 0.25) is 0 Å². The molecule has 3 rings (SSSR count). The minimum absolute atomic E-state index is 0.157. The Bertz CT molecular complexity index is 1060. The molecular weight excluding hydrogens is 348 g/mol. The van der Waals surface area contributed by atoms with E-state index in [-0.39, 0.29) is 11.3 Å². The Labute approximate surface area is 153 Å². The van der Waals surface area contributed by atoms with Crippen LogP contribution in [0, 0.1) is 10.1 Å². The van der Waals surface area contributed by atoms with Crippen molar-refractivity contribution in [3.8, 4) is 0 Å². The summed E-state index contributed by atoms with van der Waals surface area (Å²) >= 11 is 0. The van der Waals surface area contributed by atoms with Crippen LogP contribution in [0.3, 0.4) is 0 Å². The van der Waals surface area contributed by atoms with E-state index >= 15 is 0 Å². The molecule has 3 aromatic carbocycles. The van der Waals surface area contributed by atoms with E-state index in [1.54, 1.807) is 18.2 Å². The van der Waals surface area contributed by atoms with E-state index in [9.17, 15) is 19.7 Å². The highest BCUT2D eigenvalue weighted by atomic mass is 16.6. The first-order chi connectivity index (χ1) is 13.1. The van der Waals surface area contributed by atoms with Crippen molar-refractivity contribution in [3.63, 3.8) is 0 Å². The van der Waals surface area contributed by atoms with Gasteiger partial charge in [-0.1, -0.05) is 48.5 Å². The molecule has 8 nitrogen and oxygen atoms in total. The molecule has 8 heteroatoms. The number of nitro benzene ring substituents is 1. The smallest absolute Gasteiger partial charge is 0.317 e. The number of hydrogen-bond acceptors (Lipinski definition) is 5. The first-order valence-corrected chi connectivity index (χ1v) is 7.92. The topological polar surface area (TPSA) is 114 Å². The molecular formula is C19H14N4O4. The maximum absolute atomic E-state index is 12.1. The van der Waals surface area contributed by atoms with Crippen molar-refractivity contribution in [2.75, 3.05) is 5.32 Å². The van der Waals surface area contributed by atoms with Crippen LogP contribution < -0.4 is 10.7 Å². The third-order valence-corrected chi connectivity index (χ3v) is 3.75. The third kappa shape index (κ3) is 4.13. The summed E-state index contributed by atoms with van der Waals surface area (Å²) in [6.45, 7) is 0. The van der Waals surface area contributed by atoms with Crippen LogP contribution in [0.1, 0.15) is 5.56 Å². The molecule has 0 saturated carbocycles. The van der Waals surface area contributed by atoms with E-state index in [1.165, 1.54) is 18.2 Å². The van der Waals surface area contributed by atoms with Gasteiger partial charge in [0.25, 0.3) is 5.69 Å². The summed E-state index contributed by atoms with van der Waals surface area (Å²) in [5, 5.41) is 18.8. The molecule has 0 unspecified atom stereocenters. The van der Waals surface area contributed by atoms with Gasteiger partial charge < -0.3 is 5.32 Å². The van der Waals surface area contributed by atoms with Crippen molar-refractivity contribution in [2.45, 2.75) is 0 Å². The van der Waals surface area contributed by atoms with Gasteiger partial charge in [-0.3, -0.25) is 19.7 Å². The number of para-hydroxylation sites is 1. The second kappa shape index (κ2) is 7.87. The van der Waals surface area contributed by atoms with Crippen LogP contribution in [0.5, 0.6) is 0 Å². The molecule has 27 heavy (non-hydrogen) atoms. The van der Waals surface area contributed by atoms with E-state index < -0.39 is 16.7 Å². The molecule has 0 radical (unpaired) electrons. The van der Waals surface area contributed by atoms with E-state index in [0.717, 1.165) is 17.0 Å². The largest absolute Gasteiger partial charge is 0.329 e. The lowest BCUT2D eigenvalue weighted by Gasteiger charge is -2.07. The molecule has 0 fully saturated rings. The number of hydrazone groups is 1. The van der Waals surface area contributed by atoms with Crippen molar-refractivity contribution < 1.29 is 14.5 Å². The van der Waals surface area contributed by atoms with Gasteiger partial charge in [0.15, 0.2) is 0 Å². The molecule has 0 heterocycles. The van der Waals surface area contributed by atoms with Crippen LogP contribution in [0.4, 0.5) is 11.4 Å². The van der Waals surface area contributed by atoms with Gasteiger partial charge in [0, 0.05) is 17.1 Å². The lowest BCUT2D eigenvalue weighted by molar-refractivity contribution is -0.385. The Morgan fingerprint density at radius 2 is 1.63 bits per heavy atom. The third-order valence-electron chi connectivity index (χ3n) is 3.75. The maximum Gasteiger partial charge on any atom is 0.329 e. The number of nitrogens with one attached hydrogen (secondary N) is 2. The van der Waals surface area contributed by atoms with E-state index in [4.69, 9.17) is 0 Å². The number of rotatable bonds is 4. The molecule has 0 saturated heterocycles. The minimum Gasteiger partial charge on any atom is -0.317 e. The minimum atomic E-state index is -0.988. The van der Waals surface area contributed by atoms with E-state index in [1.807, 2.05) is 30.3 Å². The number of fused-ring (bicyclic) bond motifs is 1. The molecule has 0 atom stereocenters. The second-order valence-electron chi connectivity index (χ2n) is 5.50. The standard InChI is InChI=1S/C19H14N4O4/c24-18(21-16-10-5-8-13-6-1-3-9-15(13)16)19(25)22-20-12-14-7-2-4-11-17(14)23(26)27/h1-12H,(H,21,24)(H,22,25)/b20-12-. The van der Waals surface area contributed by atoms with Crippen molar-refractivity contribution in [1.29, 1.82) is 0 Å². The van der Waals surface area contributed by atoms with Gasteiger partial charge in [-0.25, -0.2) is 5.43 Å². The van der Waals surface area contributed by atoms with Gasteiger partial charge in [-0.05, 0) is 17.5 Å². The van der Waals surface area contributed by atoms with Crippen LogP contribution in [-0.4, -0.2) is 23.0 Å². The fraction of sp³-hybridized carbons (Fsp3) is 0. The molecule has 0 aliphatic carbocycles. The van der Waals surface area contributed by atoms with Crippen LogP contribution >= 0.6 is 0 Å². The highest BCUT2D eigenvalue weighted by Crippen LogP contribution is 2.22. The SMILES string of the molecule is O=C(N/N=C\c1ccccc1[N+](=O)[O-])C(=O)Nc1cccc2ccccc12. The molecule has 134 valence electrons. The first kappa shape index (κ1) is 17.7. The van der Waals surface area contributed by atoms with Crippen LogP contribution in [0.25, 0.3) is 10.8 Å². The summed E-state index contributed by atoms with van der Waals surface area (Å²) in [7, 11) is 0. The van der Waals surface area contributed by atoms with Gasteiger partial charge >= 0.3 is 11.8 Å². The molecule has 2 N–H and O–H groups in total. The Balaban J connectivity index is 1.68. The zero-order chi connectivity index (χ0) is 19.2. The van der Waals surface area contributed by atoms with Crippen molar-refractivity contribution in [1.82, 2.24) is 5.43 Å². The summed E-state index contributed by atoms with van der Waals surface area (Å²) in [5.74, 6) is -1.89. The number of nitro groups is 1. The van der Waals surface area contributed by atoms with Crippen molar-refractivity contribution >= 4 is 40.2 Å². The lowest BCUT2D eigenvalue weighted by Crippen LogP contribution is -2.32. The number of anilines is 1. The van der Waals surface area contributed by atoms with Crippen molar-refractivity contribution in [2.24, 2.45) is 5.10 Å². The zero-order valence-corrected chi connectivity index (χ0v) is 14.0. The first-order valence-electron chi connectivity index (χ1n) is 7.92. The predicted octanol–water partition coefficient (Wildman–Crippen LogP) is 2.84. The number of carbonyl (C=O) groups is 2. The number of amides is 2. The summed E-state index contributed by atoms with van der Waals surface area (Å²) in [5.41, 5.74) is 2.61. The number of benzene rings is 3. The van der Waals surface area contributed by atoms with E-state index in [0.29, 0.717) is 5.69 Å². The van der Waals surface area contributed by atoms with Crippen molar-refractivity contribution in [3.05, 3.63) is 82.4 Å². The normalized spacial score (nSPS) is 10.7. The highest BCUT2D eigenvalue weighted by Gasteiger charge is 2.15. The molecule has 0 aliphatic heterocycles.